The molecule has 1 aromatic carbocycles. The van der Waals surface area contributed by atoms with Gasteiger partial charge in [0.1, 0.15) is 0 Å². The molecule has 1 aliphatic rings. The number of hydrazone groups is 1. The number of rotatable bonds is 2. The first-order chi connectivity index (χ1) is 8.09. The highest BCUT2D eigenvalue weighted by Crippen LogP contribution is 2.21. The van der Waals surface area contributed by atoms with Crippen molar-refractivity contribution in [2.75, 3.05) is 5.01 Å². The van der Waals surface area contributed by atoms with Gasteiger partial charge in [-0.1, -0.05) is 18.2 Å². The van der Waals surface area contributed by atoms with Crippen LogP contribution in [0.5, 0.6) is 0 Å². The monoisotopic (exact) mass is 232 g/mol. The van der Waals surface area contributed by atoms with Gasteiger partial charge in [0.15, 0.2) is 0 Å². The minimum absolute atomic E-state index is 0.344. The number of hydrogen-bond acceptors (Lipinski definition) is 4. The number of amides is 1. The zero-order valence-electron chi connectivity index (χ0n) is 9.58. The summed E-state index contributed by atoms with van der Waals surface area (Å²) in [5.74, 6) is -0.836. The van der Waals surface area contributed by atoms with E-state index in [1.807, 2.05) is 18.2 Å². The Bertz CT molecular complexity index is 482. The van der Waals surface area contributed by atoms with Gasteiger partial charge in [-0.3, -0.25) is 9.59 Å². The molecule has 0 aliphatic carbocycles. The fourth-order valence-corrected chi connectivity index (χ4v) is 1.61. The van der Waals surface area contributed by atoms with Crippen LogP contribution in [-0.2, 0) is 14.3 Å². The lowest BCUT2D eigenvalue weighted by atomic mass is 10.2. The lowest BCUT2D eigenvalue weighted by Crippen LogP contribution is -2.34. The lowest BCUT2D eigenvalue weighted by molar-refractivity contribution is -0.148. The number of hydrogen-bond donors (Lipinski definition) is 0. The number of para-hydroxylation sites is 1. The molecule has 0 aromatic heterocycles. The third-order valence-electron chi connectivity index (χ3n) is 2.35. The first-order valence-corrected chi connectivity index (χ1v) is 5.21. The molecule has 0 fully saturated rings. The van der Waals surface area contributed by atoms with Crippen molar-refractivity contribution in [2.24, 2.45) is 5.10 Å². The molecule has 1 aromatic rings. The van der Waals surface area contributed by atoms with E-state index >= 15 is 0 Å². The Morgan fingerprint density at radius 2 is 2.00 bits per heavy atom. The summed E-state index contributed by atoms with van der Waals surface area (Å²) in [4.78, 5) is 22.9. The lowest BCUT2D eigenvalue weighted by Gasteiger charge is -2.13. The van der Waals surface area contributed by atoms with Crippen LogP contribution in [0.2, 0.25) is 0 Å². The molecule has 0 saturated heterocycles. The Kier molecular flexibility index (Phi) is 2.91. The van der Waals surface area contributed by atoms with E-state index in [9.17, 15) is 9.59 Å². The average Bonchev–Trinajstić information content (AvgIpc) is 2.58. The van der Waals surface area contributed by atoms with Crippen molar-refractivity contribution in [1.29, 1.82) is 0 Å². The smallest absolute Gasteiger partial charge is 0.303 e. The molecule has 5 heteroatoms. The van der Waals surface area contributed by atoms with Crippen LogP contribution < -0.4 is 5.01 Å². The molecule has 1 atom stereocenters. The molecule has 2 rings (SSSR count). The molecule has 0 N–H and O–H groups in total. The number of anilines is 1. The van der Waals surface area contributed by atoms with Crippen LogP contribution >= 0.6 is 0 Å². The van der Waals surface area contributed by atoms with E-state index in [2.05, 4.69) is 5.10 Å². The maximum Gasteiger partial charge on any atom is 0.303 e. The van der Waals surface area contributed by atoms with E-state index in [-0.39, 0.29) is 5.91 Å². The Morgan fingerprint density at radius 3 is 2.59 bits per heavy atom. The quantitative estimate of drug-likeness (QED) is 0.723. The fourth-order valence-electron chi connectivity index (χ4n) is 1.61. The highest BCUT2D eigenvalue weighted by Gasteiger charge is 2.36. The van der Waals surface area contributed by atoms with Crippen molar-refractivity contribution in [1.82, 2.24) is 0 Å². The standard InChI is InChI=1S/C12H12N2O3/c1-8-11(17-9(2)15)12(16)14(13-8)10-6-4-3-5-7-10/h3-7,11H,1-2H3. The maximum absolute atomic E-state index is 12.0. The molecule has 1 aliphatic heterocycles. The molecule has 17 heavy (non-hydrogen) atoms. The number of esters is 1. The van der Waals surface area contributed by atoms with Crippen LogP contribution in [0.4, 0.5) is 5.69 Å². The Hall–Kier alpha value is -2.17. The fraction of sp³-hybridized carbons (Fsp3) is 0.250. The summed E-state index contributed by atoms with van der Waals surface area (Å²) >= 11 is 0. The number of carbonyl (C=O) groups is 2. The van der Waals surface area contributed by atoms with Crippen molar-refractivity contribution in [2.45, 2.75) is 20.0 Å². The molecule has 1 unspecified atom stereocenters. The first-order valence-electron chi connectivity index (χ1n) is 5.21. The summed E-state index contributed by atoms with van der Waals surface area (Å²) in [5, 5.41) is 5.35. The molecule has 0 spiro atoms. The van der Waals surface area contributed by atoms with Gasteiger partial charge in [0.25, 0.3) is 5.91 Å². The summed E-state index contributed by atoms with van der Waals surface area (Å²) in [5.41, 5.74) is 1.14. The van der Waals surface area contributed by atoms with E-state index in [0.717, 1.165) is 0 Å². The van der Waals surface area contributed by atoms with E-state index in [1.54, 1.807) is 19.1 Å². The van der Waals surface area contributed by atoms with E-state index < -0.39 is 12.1 Å². The van der Waals surface area contributed by atoms with Gasteiger partial charge in [-0.05, 0) is 19.1 Å². The minimum atomic E-state index is -0.896. The molecule has 0 radical (unpaired) electrons. The largest absolute Gasteiger partial charge is 0.446 e. The van der Waals surface area contributed by atoms with Crippen molar-refractivity contribution < 1.29 is 14.3 Å². The highest BCUT2D eigenvalue weighted by molar-refractivity contribution is 6.17. The first kappa shape index (κ1) is 11.3. The normalized spacial score (nSPS) is 19.2. The molecule has 1 heterocycles. The predicted molar refractivity (Wildman–Crippen MR) is 62.6 cm³/mol. The van der Waals surface area contributed by atoms with Crippen molar-refractivity contribution >= 4 is 23.3 Å². The second-order valence-electron chi connectivity index (χ2n) is 3.72. The molecule has 5 nitrogen and oxygen atoms in total. The van der Waals surface area contributed by atoms with Crippen molar-refractivity contribution in [3.8, 4) is 0 Å². The zero-order valence-corrected chi connectivity index (χ0v) is 9.58. The minimum Gasteiger partial charge on any atom is -0.446 e. The van der Waals surface area contributed by atoms with E-state index in [4.69, 9.17) is 4.74 Å². The Balaban J connectivity index is 2.24. The molecule has 88 valence electrons. The van der Waals surface area contributed by atoms with Gasteiger partial charge in [0.2, 0.25) is 6.10 Å². The highest BCUT2D eigenvalue weighted by atomic mass is 16.5. The predicted octanol–water partition coefficient (Wildman–Crippen LogP) is 1.34. The van der Waals surface area contributed by atoms with E-state index in [1.165, 1.54) is 11.9 Å². The second-order valence-corrected chi connectivity index (χ2v) is 3.72. The summed E-state index contributed by atoms with van der Waals surface area (Å²) < 4.78 is 4.93. The average molecular weight is 232 g/mol. The molecular formula is C12H12N2O3. The maximum atomic E-state index is 12.0. The SMILES string of the molecule is CC(=O)OC1C(=O)N(c2ccccc2)N=C1C. The number of benzene rings is 1. The third kappa shape index (κ3) is 2.18. The molecule has 0 bridgehead atoms. The molecule has 0 saturated carbocycles. The Labute approximate surface area is 98.7 Å². The van der Waals surface area contributed by atoms with Crippen molar-refractivity contribution in [3.05, 3.63) is 30.3 Å². The topological polar surface area (TPSA) is 59.0 Å². The molecule has 1 amide bonds. The van der Waals surface area contributed by atoms with Gasteiger partial charge < -0.3 is 4.74 Å². The summed E-state index contributed by atoms with van der Waals surface area (Å²) in [6, 6.07) is 9.01. The summed E-state index contributed by atoms with van der Waals surface area (Å²) in [6.45, 7) is 2.93. The summed E-state index contributed by atoms with van der Waals surface area (Å²) in [7, 11) is 0. The molecular weight excluding hydrogens is 220 g/mol. The van der Waals surface area contributed by atoms with Gasteiger partial charge in [0, 0.05) is 6.92 Å². The van der Waals surface area contributed by atoms with Gasteiger partial charge in [-0.15, -0.1) is 0 Å². The van der Waals surface area contributed by atoms with Gasteiger partial charge >= 0.3 is 5.97 Å². The van der Waals surface area contributed by atoms with Gasteiger partial charge in [-0.25, -0.2) is 0 Å². The van der Waals surface area contributed by atoms with Crippen LogP contribution in [0, 0.1) is 0 Å². The summed E-state index contributed by atoms with van der Waals surface area (Å²) in [6.07, 6.45) is -0.896. The van der Waals surface area contributed by atoms with Gasteiger partial charge in [0.05, 0.1) is 11.4 Å². The number of ether oxygens (including phenoxy) is 1. The zero-order chi connectivity index (χ0) is 12.4. The third-order valence-corrected chi connectivity index (χ3v) is 2.35. The van der Waals surface area contributed by atoms with Gasteiger partial charge in [-0.2, -0.15) is 10.1 Å². The van der Waals surface area contributed by atoms with Crippen LogP contribution in [0.15, 0.2) is 35.4 Å². The number of nitrogens with zero attached hydrogens (tertiary/aromatic N) is 2. The number of carbonyl (C=O) groups excluding carboxylic acids is 2. The van der Waals surface area contributed by atoms with Crippen LogP contribution in [0.25, 0.3) is 0 Å². The van der Waals surface area contributed by atoms with E-state index in [0.29, 0.717) is 11.4 Å². The second kappa shape index (κ2) is 4.37. The van der Waals surface area contributed by atoms with Crippen LogP contribution in [-0.4, -0.2) is 23.7 Å². The van der Waals surface area contributed by atoms with Crippen molar-refractivity contribution in [3.63, 3.8) is 0 Å². The van der Waals surface area contributed by atoms with Crippen LogP contribution in [0.1, 0.15) is 13.8 Å². The Morgan fingerprint density at radius 1 is 1.35 bits per heavy atom. The van der Waals surface area contributed by atoms with Crippen LogP contribution in [0.3, 0.4) is 0 Å².